The molecule has 150 valence electrons. The molecule has 0 aliphatic heterocycles. The Morgan fingerprint density at radius 3 is 2.31 bits per heavy atom. The maximum Gasteiger partial charge on any atom is 0.319 e. The number of halogens is 1. The maximum absolute atomic E-state index is 12.9. The van der Waals surface area contributed by atoms with Gasteiger partial charge in [0.2, 0.25) is 5.91 Å². The summed E-state index contributed by atoms with van der Waals surface area (Å²) < 4.78 is 16.0. The van der Waals surface area contributed by atoms with Crippen molar-refractivity contribution in [2.24, 2.45) is 7.05 Å². The summed E-state index contributed by atoms with van der Waals surface area (Å²) in [4.78, 5) is 36.8. The van der Waals surface area contributed by atoms with Crippen LogP contribution in [0, 0.1) is 12.7 Å². The van der Waals surface area contributed by atoms with Gasteiger partial charge in [-0.3, -0.25) is 14.3 Å². The molecule has 0 saturated carbocycles. The quantitative estimate of drug-likeness (QED) is 0.617. The molecule has 0 saturated heterocycles. The number of rotatable bonds is 5. The van der Waals surface area contributed by atoms with Crippen LogP contribution in [0.5, 0.6) is 0 Å². The van der Waals surface area contributed by atoms with Crippen LogP contribution in [0.4, 0.5) is 20.6 Å². The zero-order valence-corrected chi connectivity index (χ0v) is 15.9. The standard InChI is InChI=1S/C20H20FN5O3/c1-13-18(19(28)26(25(13)2)16-6-4-3-5-7-16)24-20(29)22-12-17(27)23-15-10-8-14(21)9-11-15/h3-11H,12H2,1-2H3,(H,23,27)(H2,22,24,29). The second-order valence-corrected chi connectivity index (χ2v) is 6.30. The maximum atomic E-state index is 12.9. The first-order valence-electron chi connectivity index (χ1n) is 8.81. The zero-order valence-electron chi connectivity index (χ0n) is 15.9. The summed E-state index contributed by atoms with van der Waals surface area (Å²) in [6.07, 6.45) is 0. The number of hydrogen-bond acceptors (Lipinski definition) is 3. The lowest BCUT2D eigenvalue weighted by Crippen LogP contribution is -2.37. The van der Waals surface area contributed by atoms with E-state index in [1.54, 1.807) is 30.8 Å². The van der Waals surface area contributed by atoms with Gasteiger partial charge in [0.25, 0.3) is 5.56 Å². The average molecular weight is 397 g/mol. The molecule has 2 aromatic carbocycles. The molecule has 0 spiro atoms. The number of carbonyl (C=O) groups is 2. The van der Waals surface area contributed by atoms with Crippen LogP contribution < -0.4 is 21.5 Å². The van der Waals surface area contributed by atoms with Gasteiger partial charge >= 0.3 is 6.03 Å². The second kappa shape index (κ2) is 8.42. The molecular formula is C20H20FN5O3. The fraction of sp³-hybridized carbons (Fsp3) is 0.150. The molecule has 1 aromatic heterocycles. The predicted octanol–water partition coefficient (Wildman–Crippen LogP) is 2.38. The summed E-state index contributed by atoms with van der Waals surface area (Å²) in [5, 5.41) is 7.42. The Morgan fingerprint density at radius 2 is 1.66 bits per heavy atom. The van der Waals surface area contributed by atoms with Gasteiger partial charge in [-0.05, 0) is 43.3 Å². The molecule has 0 bridgehead atoms. The summed E-state index contributed by atoms with van der Waals surface area (Å²) >= 11 is 0. The Bertz CT molecular complexity index is 1090. The lowest BCUT2D eigenvalue weighted by molar-refractivity contribution is -0.115. The zero-order chi connectivity index (χ0) is 21.0. The molecule has 3 rings (SSSR count). The minimum Gasteiger partial charge on any atom is -0.329 e. The van der Waals surface area contributed by atoms with Gasteiger partial charge in [-0.2, -0.15) is 0 Å². The molecule has 3 N–H and O–H groups in total. The minimum atomic E-state index is -0.690. The van der Waals surface area contributed by atoms with E-state index in [-0.39, 0.29) is 17.8 Å². The number of hydrogen-bond donors (Lipinski definition) is 3. The summed E-state index contributed by atoms with van der Waals surface area (Å²) in [6, 6.07) is 13.6. The van der Waals surface area contributed by atoms with Crippen LogP contribution in [0.2, 0.25) is 0 Å². The first kappa shape index (κ1) is 19.9. The molecule has 0 atom stereocenters. The number of nitrogens with one attached hydrogen (secondary N) is 3. The molecule has 3 amide bonds. The smallest absolute Gasteiger partial charge is 0.319 e. The topological polar surface area (TPSA) is 97.2 Å². The summed E-state index contributed by atoms with van der Waals surface area (Å²) in [5.74, 6) is -0.905. The first-order valence-corrected chi connectivity index (χ1v) is 8.81. The van der Waals surface area contributed by atoms with Crippen LogP contribution in [0.25, 0.3) is 5.69 Å². The fourth-order valence-electron chi connectivity index (χ4n) is 2.77. The van der Waals surface area contributed by atoms with Crippen molar-refractivity contribution in [2.75, 3.05) is 17.2 Å². The Balaban J connectivity index is 1.64. The van der Waals surface area contributed by atoms with E-state index in [1.807, 2.05) is 18.2 Å². The molecule has 0 unspecified atom stereocenters. The van der Waals surface area contributed by atoms with E-state index in [1.165, 1.54) is 28.9 Å². The lowest BCUT2D eigenvalue weighted by Gasteiger charge is -2.08. The largest absolute Gasteiger partial charge is 0.329 e. The van der Waals surface area contributed by atoms with Crippen molar-refractivity contribution in [3.63, 3.8) is 0 Å². The minimum absolute atomic E-state index is 0.118. The summed E-state index contributed by atoms with van der Waals surface area (Å²) in [7, 11) is 1.71. The highest BCUT2D eigenvalue weighted by Crippen LogP contribution is 2.13. The van der Waals surface area contributed by atoms with Crippen molar-refractivity contribution in [3.05, 3.63) is 76.5 Å². The average Bonchev–Trinajstić information content (AvgIpc) is 2.92. The number of benzene rings is 2. The number of urea groups is 1. The van der Waals surface area contributed by atoms with Crippen LogP contribution in [0.1, 0.15) is 5.69 Å². The molecular weight excluding hydrogens is 377 g/mol. The van der Waals surface area contributed by atoms with Crippen LogP contribution in [0.3, 0.4) is 0 Å². The van der Waals surface area contributed by atoms with Crippen LogP contribution in [0.15, 0.2) is 59.4 Å². The molecule has 0 aliphatic rings. The van der Waals surface area contributed by atoms with Gasteiger partial charge in [0.05, 0.1) is 17.9 Å². The van der Waals surface area contributed by atoms with E-state index in [0.717, 1.165) is 0 Å². The first-order chi connectivity index (χ1) is 13.9. The van der Waals surface area contributed by atoms with Crippen molar-refractivity contribution in [3.8, 4) is 5.69 Å². The number of para-hydroxylation sites is 1. The molecule has 29 heavy (non-hydrogen) atoms. The Labute approximate surface area is 165 Å². The summed E-state index contributed by atoms with van der Waals surface area (Å²) in [6.45, 7) is 1.39. The molecule has 8 nitrogen and oxygen atoms in total. The highest BCUT2D eigenvalue weighted by Gasteiger charge is 2.18. The van der Waals surface area contributed by atoms with Crippen molar-refractivity contribution in [1.29, 1.82) is 0 Å². The highest BCUT2D eigenvalue weighted by molar-refractivity contribution is 5.97. The molecule has 0 aliphatic carbocycles. The van der Waals surface area contributed by atoms with E-state index >= 15 is 0 Å². The van der Waals surface area contributed by atoms with Gasteiger partial charge in [0.1, 0.15) is 11.5 Å². The van der Waals surface area contributed by atoms with Crippen molar-refractivity contribution in [1.82, 2.24) is 14.7 Å². The van der Waals surface area contributed by atoms with E-state index in [2.05, 4.69) is 16.0 Å². The number of carbonyl (C=O) groups excluding carboxylic acids is 2. The van der Waals surface area contributed by atoms with Gasteiger partial charge < -0.3 is 16.0 Å². The van der Waals surface area contributed by atoms with Crippen molar-refractivity contribution >= 4 is 23.3 Å². The Hall–Kier alpha value is -3.88. The number of aromatic nitrogens is 2. The SMILES string of the molecule is Cc1c(NC(=O)NCC(=O)Nc2ccc(F)cc2)c(=O)n(-c2ccccc2)n1C. The summed E-state index contributed by atoms with van der Waals surface area (Å²) in [5.41, 5.74) is 1.36. The second-order valence-electron chi connectivity index (χ2n) is 6.30. The van der Waals surface area contributed by atoms with E-state index in [9.17, 15) is 18.8 Å². The predicted molar refractivity (Wildman–Crippen MR) is 108 cm³/mol. The lowest BCUT2D eigenvalue weighted by atomic mass is 10.3. The Morgan fingerprint density at radius 1 is 1.00 bits per heavy atom. The van der Waals surface area contributed by atoms with Crippen molar-refractivity contribution < 1.29 is 14.0 Å². The third-order valence-corrected chi connectivity index (χ3v) is 4.33. The monoisotopic (exact) mass is 397 g/mol. The van der Waals surface area contributed by atoms with Crippen molar-refractivity contribution in [2.45, 2.75) is 6.92 Å². The Kier molecular flexibility index (Phi) is 5.77. The van der Waals surface area contributed by atoms with Gasteiger partial charge in [0, 0.05) is 12.7 Å². The van der Waals surface area contributed by atoms with Gasteiger partial charge in [-0.15, -0.1) is 0 Å². The van der Waals surface area contributed by atoms with Crippen LogP contribution in [-0.2, 0) is 11.8 Å². The van der Waals surface area contributed by atoms with Gasteiger partial charge in [-0.1, -0.05) is 18.2 Å². The molecule has 3 aromatic rings. The van der Waals surface area contributed by atoms with E-state index < -0.39 is 17.8 Å². The third-order valence-electron chi connectivity index (χ3n) is 4.33. The normalized spacial score (nSPS) is 10.4. The number of anilines is 2. The number of nitrogens with zero attached hydrogens (tertiary/aromatic N) is 2. The van der Waals surface area contributed by atoms with Gasteiger partial charge in [0.15, 0.2) is 0 Å². The van der Waals surface area contributed by atoms with Crippen LogP contribution in [-0.4, -0.2) is 27.8 Å². The molecule has 1 heterocycles. The van der Waals surface area contributed by atoms with Gasteiger partial charge in [-0.25, -0.2) is 13.9 Å². The van der Waals surface area contributed by atoms with E-state index in [4.69, 9.17) is 0 Å². The number of amides is 3. The molecule has 0 radical (unpaired) electrons. The molecule has 0 fully saturated rings. The third kappa shape index (κ3) is 4.52. The highest BCUT2D eigenvalue weighted by atomic mass is 19.1. The van der Waals surface area contributed by atoms with E-state index in [0.29, 0.717) is 17.1 Å². The fourth-order valence-corrected chi connectivity index (χ4v) is 2.77. The van der Waals surface area contributed by atoms with Crippen LogP contribution >= 0.6 is 0 Å². The molecule has 9 heteroatoms.